The van der Waals surface area contributed by atoms with Crippen molar-refractivity contribution < 1.29 is 4.79 Å². The quantitative estimate of drug-likeness (QED) is 0.644. The van der Waals surface area contributed by atoms with E-state index in [1.807, 2.05) is 13.8 Å². The molecule has 1 unspecified atom stereocenters. The Labute approximate surface area is 78.5 Å². The van der Waals surface area contributed by atoms with Crippen molar-refractivity contribution in [3.8, 4) is 0 Å². The van der Waals surface area contributed by atoms with Crippen LogP contribution in [0.4, 0.5) is 0 Å². The molecule has 0 spiro atoms. The van der Waals surface area contributed by atoms with Crippen molar-refractivity contribution in [1.29, 1.82) is 0 Å². The van der Waals surface area contributed by atoms with Gasteiger partial charge in [-0.2, -0.15) is 11.8 Å². The second-order valence-electron chi connectivity index (χ2n) is 2.86. The predicted octanol–water partition coefficient (Wildman–Crippen LogP) is 0.593. The third-order valence-corrected chi connectivity index (χ3v) is 2.90. The molecule has 12 heavy (non-hydrogen) atoms. The fourth-order valence-corrected chi connectivity index (χ4v) is 1.76. The Morgan fingerprint density at radius 2 is 2.17 bits per heavy atom. The summed E-state index contributed by atoms with van der Waals surface area (Å²) >= 11 is 1.72. The summed E-state index contributed by atoms with van der Waals surface area (Å²) in [4.78, 5) is 11.1. The van der Waals surface area contributed by atoms with E-state index >= 15 is 0 Å². The number of primary amides is 1. The SMILES string of the molecule is CCNC(C)(CSCC)C(N)=O. The first-order valence-corrected chi connectivity index (χ1v) is 5.35. The van der Waals surface area contributed by atoms with Crippen molar-refractivity contribution in [2.24, 2.45) is 5.73 Å². The van der Waals surface area contributed by atoms with Crippen LogP contribution in [0.1, 0.15) is 20.8 Å². The Kier molecular flexibility index (Phi) is 5.33. The number of nitrogens with one attached hydrogen (secondary N) is 1. The van der Waals surface area contributed by atoms with Gasteiger partial charge in [-0.1, -0.05) is 13.8 Å². The summed E-state index contributed by atoms with van der Waals surface area (Å²) in [6, 6.07) is 0. The van der Waals surface area contributed by atoms with Gasteiger partial charge in [0.1, 0.15) is 5.54 Å². The van der Waals surface area contributed by atoms with Gasteiger partial charge in [0.25, 0.3) is 0 Å². The first-order chi connectivity index (χ1) is 5.56. The predicted molar refractivity (Wildman–Crippen MR) is 54.3 cm³/mol. The highest BCUT2D eigenvalue weighted by Crippen LogP contribution is 2.12. The lowest BCUT2D eigenvalue weighted by Gasteiger charge is -2.26. The van der Waals surface area contributed by atoms with E-state index in [1.165, 1.54) is 0 Å². The number of rotatable bonds is 6. The van der Waals surface area contributed by atoms with Crippen LogP contribution in [0.2, 0.25) is 0 Å². The molecule has 0 aromatic carbocycles. The summed E-state index contributed by atoms with van der Waals surface area (Å²) in [5, 5.41) is 3.10. The van der Waals surface area contributed by atoms with Gasteiger partial charge < -0.3 is 11.1 Å². The number of nitrogens with two attached hydrogens (primary N) is 1. The minimum absolute atomic E-state index is 0.273. The molecule has 0 heterocycles. The van der Waals surface area contributed by atoms with Crippen molar-refractivity contribution in [3.63, 3.8) is 0 Å². The van der Waals surface area contributed by atoms with Gasteiger partial charge in [0.05, 0.1) is 0 Å². The highest BCUT2D eigenvalue weighted by molar-refractivity contribution is 7.99. The van der Waals surface area contributed by atoms with Crippen LogP contribution >= 0.6 is 11.8 Å². The van der Waals surface area contributed by atoms with Crippen molar-refractivity contribution in [2.45, 2.75) is 26.3 Å². The third kappa shape index (κ3) is 3.45. The molecule has 1 amide bonds. The van der Waals surface area contributed by atoms with Crippen LogP contribution in [0.15, 0.2) is 0 Å². The van der Waals surface area contributed by atoms with Crippen LogP contribution in [0.3, 0.4) is 0 Å². The van der Waals surface area contributed by atoms with Crippen LogP contribution in [-0.4, -0.2) is 29.5 Å². The number of hydrogen-bond donors (Lipinski definition) is 2. The van der Waals surface area contributed by atoms with Crippen molar-refractivity contribution >= 4 is 17.7 Å². The molecule has 0 aromatic rings. The summed E-state index contributed by atoms with van der Waals surface area (Å²) in [5.41, 5.74) is 4.74. The van der Waals surface area contributed by atoms with Gasteiger partial charge in [-0.3, -0.25) is 4.79 Å². The Hall–Kier alpha value is -0.220. The highest BCUT2D eigenvalue weighted by atomic mass is 32.2. The van der Waals surface area contributed by atoms with Crippen LogP contribution in [0.5, 0.6) is 0 Å². The molecule has 0 aliphatic carbocycles. The van der Waals surface area contributed by atoms with E-state index in [0.29, 0.717) is 0 Å². The summed E-state index contributed by atoms with van der Waals surface area (Å²) < 4.78 is 0. The first kappa shape index (κ1) is 11.8. The molecule has 0 aliphatic heterocycles. The fraction of sp³-hybridized carbons (Fsp3) is 0.875. The zero-order valence-corrected chi connectivity index (χ0v) is 8.83. The molecule has 0 radical (unpaired) electrons. The summed E-state index contributed by atoms with van der Waals surface area (Å²) in [6.45, 7) is 6.65. The van der Waals surface area contributed by atoms with Gasteiger partial charge in [0.15, 0.2) is 0 Å². The van der Waals surface area contributed by atoms with E-state index in [2.05, 4.69) is 12.2 Å². The molecule has 1 atom stereocenters. The molecule has 3 nitrogen and oxygen atoms in total. The van der Waals surface area contributed by atoms with Gasteiger partial charge in [-0.25, -0.2) is 0 Å². The topological polar surface area (TPSA) is 55.1 Å². The van der Waals surface area contributed by atoms with Crippen LogP contribution in [-0.2, 0) is 4.79 Å². The Bertz CT molecular complexity index is 152. The maximum atomic E-state index is 11.1. The third-order valence-electron chi connectivity index (χ3n) is 1.71. The molecule has 0 fully saturated rings. The molecular formula is C8H18N2OS. The normalized spacial score (nSPS) is 15.6. The van der Waals surface area contributed by atoms with Gasteiger partial charge in [0, 0.05) is 5.75 Å². The Balaban J connectivity index is 4.08. The average molecular weight is 190 g/mol. The van der Waals surface area contributed by atoms with Gasteiger partial charge in [-0.05, 0) is 19.2 Å². The Morgan fingerprint density at radius 1 is 1.58 bits per heavy atom. The minimum Gasteiger partial charge on any atom is -0.368 e. The van der Waals surface area contributed by atoms with E-state index in [-0.39, 0.29) is 5.91 Å². The summed E-state index contributed by atoms with van der Waals surface area (Å²) in [6.07, 6.45) is 0. The van der Waals surface area contributed by atoms with Gasteiger partial charge >= 0.3 is 0 Å². The second-order valence-corrected chi connectivity index (χ2v) is 4.14. The zero-order chi connectivity index (χ0) is 9.61. The maximum Gasteiger partial charge on any atom is 0.238 e. The number of carbonyl (C=O) groups excluding carboxylic acids is 1. The van der Waals surface area contributed by atoms with E-state index in [9.17, 15) is 4.79 Å². The monoisotopic (exact) mass is 190 g/mol. The number of thioether (sulfide) groups is 1. The molecule has 0 rings (SSSR count). The molecule has 3 N–H and O–H groups in total. The number of carbonyl (C=O) groups is 1. The second kappa shape index (κ2) is 5.43. The number of amides is 1. The number of hydrogen-bond acceptors (Lipinski definition) is 3. The van der Waals surface area contributed by atoms with Crippen molar-refractivity contribution in [1.82, 2.24) is 5.32 Å². The molecule has 4 heteroatoms. The van der Waals surface area contributed by atoms with E-state index in [0.717, 1.165) is 18.1 Å². The highest BCUT2D eigenvalue weighted by Gasteiger charge is 2.29. The van der Waals surface area contributed by atoms with Gasteiger partial charge in [-0.15, -0.1) is 0 Å². The maximum absolute atomic E-state index is 11.1. The summed E-state index contributed by atoms with van der Waals surface area (Å²) in [7, 11) is 0. The standard InChI is InChI=1S/C8H18N2OS/c1-4-10-8(3,7(9)11)6-12-5-2/h10H,4-6H2,1-3H3,(H2,9,11). The molecular weight excluding hydrogens is 172 g/mol. The van der Waals surface area contributed by atoms with Crippen molar-refractivity contribution in [3.05, 3.63) is 0 Å². The molecule has 72 valence electrons. The lowest BCUT2D eigenvalue weighted by Crippen LogP contribution is -2.55. The first-order valence-electron chi connectivity index (χ1n) is 4.19. The van der Waals surface area contributed by atoms with Gasteiger partial charge in [0.2, 0.25) is 5.91 Å². The smallest absolute Gasteiger partial charge is 0.238 e. The van der Waals surface area contributed by atoms with E-state index in [1.54, 1.807) is 11.8 Å². The zero-order valence-electron chi connectivity index (χ0n) is 8.02. The van der Waals surface area contributed by atoms with Crippen LogP contribution in [0, 0.1) is 0 Å². The lowest BCUT2D eigenvalue weighted by atomic mass is 10.1. The molecule has 0 saturated heterocycles. The molecule has 0 saturated carbocycles. The minimum atomic E-state index is -0.546. The fourth-order valence-electron chi connectivity index (χ4n) is 0.906. The molecule has 0 aliphatic rings. The van der Waals surface area contributed by atoms with E-state index in [4.69, 9.17) is 5.73 Å². The van der Waals surface area contributed by atoms with Crippen LogP contribution in [0.25, 0.3) is 0 Å². The largest absolute Gasteiger partial charge is 0.368 e. The van der Waals surface area contributed by atoms with Crippen molar-refractivity contribution in [2.75, 3.05) is 18.1 Å². The average Bonchev–Trinajstić information content (AvgIpc) is 2.01. The molecule has 0 bridgehead atoms. The Morgan fingerprint density at radius 3 is 2.50 bits per heavy atom. The van der Waals surface area contributed by atoms with E-state index < -0.39 is 5.54 Å². The molecule has 0 aromatic heterocycles. The number of likely N-dealkylation sites (N-methyl/N-ethyl adjacent to an activating group) is 1. The van der Waals surface area contributed by atoms with Crippen LogP contribution < -0.4 is 11.1 Å². The lowest BCUT2D eigenvalue weighted by molar-refractivity contribution is -0.122. The summed E-state index contributed by atoms with van der Waals surface area (Å²) in [5.74, 6) is 1.48.